The average Bonchev–Trinajstić information content (AvgIpc) is 2.75. The first kappa shape index (κ1) is 29.1. The molecule has 0 unspecified atom stereocenters. The van der Waals surface area contributed by atoms with Gasteiger partial charge in [-0.3, -0.25) is 4.79 Å². The number of rotatable bonds is 25. The zero-order valence-corrected chi connectivity index (χ0v) is 19.7. The lowest BCUT2D eigenvalue weighted by atomic mass is 10.0. The summed E-state index contributed by atoms with van der Waals surface area (Å²) in [5.74, 6) is -0.114. The number of carbonyl (C=O) groups excluding carboxylic acids is 1. The summed E-state index contributed by atoms with van der Waals surface area (Å²) in [5.41, 5.74) is 0. The first-order valence-corrected chi connectivity index (χ1v) is 12.3. The fraction of sp³-hybridized carbons (Fsp3) is 0.880. The number of unbranched alkanes of at least 4 members (excludes halogenated alkanes) is 12. The zero-order valence-electron chi connectivity index (χ0n) is 19.7. The van der Waals surface area contributed by atoms with E-state index in [1.54, 1.807) is 6.08 Å². The Morgan fingerprint density at radius 1 is 0.633 bits per heavy atom. The van der Waals surface area contributed by atoms with Gasteiger partial charge < -0.3 is 18.9 Å². The SMILES string of the molecule is C=CCOCCOCCOCCOC(=O)CCCCCCCCCCCCCCC. The second kappa shape index (κ2) is 26.1. The minimum Gasteiger partial charge on any atom is -0.463 e. The zero-order chi connectivity index (χ0) is 22.0. The molecule has 0 aliphatic rings. The van der Waals surface area contributed by atoms with E-state index in [-0.39, 0.29) is 5.97 Å². The summed E-state index contributed by atoms with van der Waals surface area (Å²) < 4.78 is 21.1. The van der Waals surface area contributed by atoms with Crippen molar-refractivity contribution in [3.05, 3.63) is 12.7 Å². The predicted molar refractivity (Wildman–Crippen MR) is 124 cm³/mol. The van der Waals surface area contributed by atoms with Gasteiger partial charge in [0.2, 0.25) is 0 Å². The summed E-state index contributed by atoms with van der Waals surface area (Å²) in [6.07, 6.45) is 19.2. The van der Waals surface area contributed by atoms with Crippen LogP contribution in [0.2, 0.25) is 0 Å². The average molecular weight is 429 g/mol. The van der Waals surface area contributed by atoms with E-state index in [0.717, 1.165) is 12.8 Å². The van der Waals surface area contributed by atoms with Gasteiger partial charge in [-0.15, -0.1) is 6.58 Å². The number of carbonyl (C=O) groups is 1. The van der Waals surface area contributed by atoms with Gasteiger partial charge >= 0.3 is 5.97 Å². The van der Waals surface area contributed by atoms with Crippen LogP contribution in [-0.2, 0) is 23.7 Å². The number of hydrogen-bond acceptors (Lipinski definition) is 5. The van der Waals surface area contributed by atoms with Gasteiger partial charge in [-0.2, -0.15) is 0 Å². The molecule has 0 fully saturated rings. The Kier molecular flexibility index (Phi) is 25.3. The molecule has 30 heavy (non-hydrogen) atoms. The molecular weight excluding hydrogens is 380 g/mol. The third-order valence-electron chi connectivity index (χ3n) is 4.95. The molecule has 0 radical (unpaired) electrons. The molecule has 5 nitrogen and oxygen atoms in total. The molecule has 5 heteroatoms. The molecule has 0 saturated heterocycles. The molecule has 0 heterocycles. The Bertz CT molecular complexity index is 359. The summed E-state index contributed by atoms with van der Waals surface area (Å²) in [4.78, 5) is 11.7. The van der Waals surface area contributed by atoms with Crippen LogP contribution in [0.25, 0.3) is 0 Å². The van der Waals surface area contributed by atoms with Crippen molar-refractivity contribution in [3.63, 3.8) is 0 Å². The van der Waals surface area contributed by atoms with Gasteiger partial charge in [-0.05, 0) is 6.42 Å². The van der Waals surface area contributed by atoms with Gasteiger partial charge in [0.25, 0.3) is 0 Å². The standard InChI is InChI=1S/C25H48O5/c1-3-5-6-7-8-9-10-11-12-13-14-15-16-17-25(26)30-24-23-29-22-21-28-20-19-27-18-4-2/h4H,2-3,5-24H2,1H3. The van der Waals surface area contributed by atoms with E-state index < -0.39 is 0 Å². The number of hydrogen-bond donors (Lipinski definition) is 0. The highest BCUT2D eigenvalue weighted by atomic mass is 16.6. The van der Waals surface area contributed by atoms with E-state index in [4.69, 9.17) is 18.9 Å². The van der Waals surface area contributed by atoms with Crippen LogP contribution in [0.1, 0.15) is 96.8 Å². The quantitative estimate of drug-likeness (QED) is 0.0977. The van der Waals surface area contributed by atoms with Crippen molar-refractivity contribution in [1.82, 2.24) is 0 Å². The molecule has 0 aromatic heterocycles. The van der Waals surface area contributed by atoms with Crippen molar-refractivity contribution >= 4 is 5.97 Å². The van der Waals surface area contributed by atoms with Crippen LogP contribution in [0.5, 0.6) is 0 Å². The molecule has 0 aromatic carbocycles. The molecule has 0 aliphatic carbocycles. The van der Waals surface area contributed by atoms with Gasteiger partial charge in [-0.1, -0.05) is 90.0 Å². The minimum atomic E-state index is -0.114. The molecule has 0 atom stereocenters. The lowest BCUT2D eigenvalue weighted by Gasteiger charge is -2.07. The molecule has 0 spiro atoms. The largest absolute Gasteiger partial charge is 0.463 e. The second-order valence-electron chi connectivity index (χ2n) is 7.80. The van der Waals surface area contributed by atoms with Crippen molar-refractivity contribution in [2.75, 3.05) is 46.2 Å². The highest BCUT2D eigenvalue weighted by Crippen LogP contribution is 2.13. The first-order chi connectivity index (χ1) is 14.8. The second-order valence-corrected chi connectivity index (χ2v) is 7.80. The third kappa shape index (κ3) is 25.1. The minimum absolute atomic E-state index is 0.114. The predicted octanol–water partition coefficient (Wildman–Crippen LogP) is 6.25. The van der Waals surface area contributed by atoms with E-state index in [1.807, 2.05) is 0 Å². The van der Waals surface area contributed by atoms with Crippen molar-refractivity contribution < 1.29 is 23.7 Å². The first-order valence-electron chi connectivity index (χ1n) is 12.3. The van der Waals surface area contributed by atoms with Crippen LogP contribution in [0.4, 0.5) is 0 Å². The fourth-order valence-corrected chi connectivity index (χ4v) is 3.18. The van der Waals surface area contributed by atoms with Gasteiger partial charge in [0.1, 0.15) is 6.61 Å². The van der Waals surface area contributed by atoms with Crippen LogP contribution >= 0.6 is 0 Å². The van der Waals surface area contributed by atoms with Crippen LogP contribution in [-0.4, -0.2) is 52.2 Å². The molecule has 0 amide bonds. The maximum Gasteiger partial charge on any atom is 0.305 e. The molecular formula is C25H48O5. The molecule has 0 rings (SSSR count). The van der Waals surface area contributed by atoms with Gasteiger partial charge in [-0.25, -0.2) is 0 Å². The van der Waals surface area contributed by atoms with Gasteiger partial charge in [0, 0.05) is 6.42 Å². The Labute approximate surface area is 185 Å². The van der Waals surface area contributed by atoms with E-state index in [2.05, 4.69) is 13.5 Å². The van der Waals surface area contributed by atoms with Crippen LogP contribution in [0.3, 0.4) is 0 Å². The van der Waals surface area contributed by atoms with Crippen molar-refractivity contribution in [3.8, 4) is 0 Å². The maximum absolute atomic E-state index is 11.7. The smallest absolute Gasteiger partial charge is 0.305 e. The molecule has 0 aliphatic heterocycles. The van der Waals surface area contributed by atoms with Crippen molar-refractivity contribution in [2.45, 2.75) is 96.8 Å². The lowest BCUT2D eigenvalue weighted by molar-refractivity contribution is -0.145. The Morgan fingerprint density at radius 2 is 1.07 bits per heavy atom. The van der Waals surface area contributed by atoms with Crippen LogP contribution < -0.4 is 0 Å². The Hall–Kier alpha value is -0.910. The number of esters is 1. The third-order valence-corrected chi connectivity index (χ3v) is 4.95. The van der Waals surface area contributed by atoms with E-state index in [9.17, 15) is 4.79 Å². The Morgan fingerprint density at radius 3 is 1.57 bits per heavy atom. The topological polar surface area (TPSA) is 54.0 Å². The van der Waals surface area contributed by atoms with Gasteiger partial charge in [0.05, 0.1) is 39.6 Å². The summed E-state index contributed by atoms with van der Waals surface area (Å²) in [5, 5.41) is 0. The normalized spacial score (nSPS) is 11.0. The van der Waals surface area contributed by atoms with E-state index in [0.29, 0.717) is 52.7 Å². The molecule has 0 saturated carbocycles. The van der Waals surface area contributed by atoms with Crippen molar-refractivity contribution in [2.24, 2.45) is 0 Å². The van der Waals surface area contributed by atoms with Crippen LogP contribution in [0.15, 0.2) is 12.7 Å². The maximum atomic E-state index is 11.7. The van der Waals surface area contributed by atoms with Crippen LogP contribution in [0, 0.1) is 0 Å². The molecule has 0 N–H and O–H groups in total. The lowest BCUT2D eigenvalue weighted by Crippen LogP contribution is -2.13. The molecule has 0 bridgehead atoms. The van der Waals surface area contributed by atoms with E-state index >= 15 is 0 Å². The monoisotopic (exact) mass is 428 g/mol. The van der Waals surface area contributed by atoms with Gasteiger partial charge in [0.15, 0.2) is 0 Å². The Balaban J connectivity index is 3.14. The molecule has 178 valence electrons. The number of ether oxygens (including phenoxy) is 4. The van der Waals surface area contributed by atoms with E-state index in [1.165, 1.54) is 70.6 Å². The summed E-state index contributed by atoms with van der Waals surface area (Å²) in [6, 6.07) is 0. The summed E-state index contributed by atoms with van der Waals surface area (Å²) in [6.45, 7) is 9.25. The highest BCUT2D eigenvalue weighted by molar-refractivity contribution is 5.69. The van der Waals surface area contributed by atoms with Crippen molar-refractivity contribution in [1.29, 1.82) is 0 Å². The summed E-state index contributed by atoms with van der Waals surface area (Å²) in [7, 11) is 0. The highest BCUT2D eigenvalue weighted by Gasteiger charge is 2.02. The molecule has 0 aromatic rings. The fourth-order valence-electron chi connectivity index (χ4n) is 3.18. The summed E-state index contributed by atoms with van der Waals surface area (Å²) >= 11 is 0.